The molecule has 0 radical (unpaired) electrons. The van der Waals surface area contributed by atoms with Crippen LogP contribution in [-0.2, 0) is 4.79 Å². The highest BCUT2D eigenvalue weighted by atomic mass is 35.5. The minimum Gasteiger partial charge on any atom is -0.479 e. The number of hydrogen-bond acceptors (Lipinski definition) is 4. The number of carboxylic acids is 2. The monoisotopic (exact) mass is 330 g/mol. The molecule has 8 heteroatoms. The van der Waals surface area contributed by atoms with Gasteiger partial charge in [0.2, 0.25) is 0 Å². The standard InChI is InChI=1S/C13H8ClFO5S/c14-9-10(20-5-8(16)17)12(13(18)19)21-11(9)6-1-3-7(15)4-2-6/h1-4H,5H2,(H,16,17)(H,18,19). The van der Waals surface area contributed by atoms with Gasteiger partial charge in [0.25, 0.3) is 0 Å². The zero-order valence-electron chi connectivity index (χ0n) is 10.3. The van der Waals surface area contributed by atoms with E-state index in [1.165, 1.54) is 24.3 Å². The van der Waals surface area contributed by atoms with E-state index in [-0.39, 0.29) is 15.6 Å². The van der Waals surface area contributed by atoms with Crippen molar-refractivity contribution in [3.63, 3.8) is 0 Å². The molecule has 0 aliphatic rings. The first-order chi connectivity index (χ1) is 9.90. The third-order valence-corrected chi connectivity index (χ3v) is 4.13. The molecule has 2 N–H and O–H groups in total. The van der Waals surface area contributed by atoms with Gasteiger partial charge in [-0.25, -0.2) is 14.0 Å². The average molecular weight is 331 g/mol. The molecule has 110 valence electrons. The second-order valence-corrected chi connectivity index (χ2v) is 5.30. The molecule has 2 rings (SSSR count). The molecule has 21 heavy (non-hydrogen) atoms. The Kier molecular flexibility index (Phi) is 4.44. The van der Waals surface area contributed by atoms with E-state index in [1.807, 2.05) is 0 Å². The van der Waals surface area contributed by atoms with E-state index >= 15 is 0 Å². The summed E-state index contributed by atoms with van der Waals surface area (Å²) in [7, 11) is 0. The van der Waals surface area contributed by atoms with Crippen molar-refractivity contribution in [1.82, 2.24) is 0 Å². The summed E-state index contributed by atoms with van der Waals surface area (Å²) in [5.74, 6) is -3.17. The number of ether oxygens (including phenoxy) is 1. The van der Waals surface area contributed by atoms with Gasteiger partial charge in [-0.05, 0) is 17.7 Å². The largest absolute Gasteiger partial charge is 0.479 e. The molecule has 0 saturated carbocycles. The number of aromatic carboxylic acids is 1. The molecule has 0 atom stereocenters. The van der Waals surface area contributed by atoms with Gasteiger partial charge in [0, 0.05) is 0 Å². The summed E-state index contributed by atoms with van der Waals surface area (Å²) in [5, 5.41) is 17.7. The number of carbonyl (C=O) groups is 2. The second kappa shape index (κ2) is 6.11. The first-order valence-corrected chi connectivity index (χ1v) is 6.75. The molecule has 1 heterocycles. The van der Waals surface area contributed by atoms with Crippen LogP contribution in [-0.4, -0.2) is 28.8 Å². The van der Waals surface area contributed by atoms with E-state index in [0.29, 0.717) is 10.4 Å². The lowest BCUT2D eigenvalue weighted by atomic mass is 10.2. The van der Waals surface area contributed by atoms with Crippen LogP contribution in [0, 0.1) is 5.82 Å². The molecule has 0 spiro atoms. The van der Waals surface area contributed by atoms with Crippen LogP contribution >= 0.6 is 22.9 Å². The maximum atomic E-state index is 12.9. The Balaban J connectivity index is 2.48. The van der Waals surface area contributed by atoms with Gasteiger partial charge in [0.1, 0.15) is 10.8 Å². The van der Waals surface area contributed by atoms with E-state index in [9.17, 15) is 14.0 Å². The summed E-state index contributed by atoms with van der Waals surface area (Å²) in [6, 6.07) is 5.31. The van der Waals surface area contributed by atoms with E-state index in [1.54, 1.807) is 0 Å². The molecule has 1 aromatic heterocycles. The van der Waals surface area contributed by atoms with E-state index in [2.05, 4.69) is 0 Å². The van der Waals surface area contributed by atoms with Crippen molar-refractivity contribution in [2.24, 2.45) is 0 Å². The van der Waals surface area contributed by atoms with Crippen LogP contribution in [0.15, 0.2) is 24.3 Å². The van der Waals surface area contributed by atoms with Gasteiger partial charge < -0.3 is 14.9 Å². The SMILES string of the molecule is O=C(O)COc1c(C(=O)O)sc(-c2ccc(F)cc2)c1Cl. The van der Waals surface area contributed by atoms with Crippen molar-refractivity contribution in [3.8, 4) is 16.2 Å². The van der Waals surface area contributed by atoms with Crippen molar-refractivity contribution >= 4 is 34.9 Å². The zero-order chi connectivity index (χ0) is 15.6. The molecule has 0 saturated heterocycles. The number of aliphatic carboxylic acids is 1. The summed E-state index contributed by atoms with van der Waals surface area (Å²) in [4.78, 5) is 21.9. The Bertz CT molecular complexity index is 695. The Hall–Kier alpha value is -2.12. The van der Waals surface area contributed by atoms with Gasteiger partial charge in [-0.2, -0.15) is 0 Å². The summed E-state index contributed by atoms with van der Waals surface area (Å²) >= 11 is 6.90. The maximum Gasteiger partial charge on any atom is 0.349 e. The van der Waals surface area contributed by atoms with Gasteiger partial charge in [0.15, 0.2) is 17.2 Å². The van der Waals surface area contributed by atoms with Gasteiger partial charge in [-0.1, -0.05) is 23.7 Å². The number of benzene rings is 1. The van der Waals surface area contributed by atoms with E-state index in [4.69, 9.17) is 26.6 Å². The predicted octanol–water partition coefficient (Wildman–Crippen LogP) is 3.37. The van der Waals surface area contributed by atoms with Crippen LogP contribution in [0.25, 0.3) is 10.4 Å². The third kappa shape index (κ3) is 3.32. The lowest BCUT2D eigenvalue weighted by Gasteiger charge is -2.03. The van der Waals surface area contributed by atoms with Crippen molar-refractivity contribution in [3.05, 3.63) is 40.0 Å². The number of hydrogen-bond donors (Lipinski definition) is 2. The Labute approximate surface area is 127 Å². The predicted molar refractivity (Wildman–Crippen MR) is 74.8 cm³/mol. The highest BCUT2D eigenvalue weighted by Gasteiger charge is 2.24. The lowest BCUT2D eigenvalue weighted by molar-refractivity contribution is -0.139. The summed E-state index contributed by atoms with van der Waals surface area (Å²) in [6.07, 6.45) is 0. The number of thiophene rings is 1. The molecule has 1 aromatic carbocycles. The van der Waals surface area contributed by atoms with E-state index < -0.39 is 24.4 Å². The first kappa shape index (κ1) is 15.3. The fraction of sp³-hybridized carbons (Fsp3) is 0.0769. The minimum absolute atomic E-state index is 0.00902. The second-order valence-electron chi connectivity index (χ2n) is 3.90. The van der Waals surface area contributed by atoms with E-state index in [0.717, 1.165) is 11.3 Å². The summed E-state index contributed by atoms with van der Waals surface area (Å²) in [5.41, 5.74) is 0.513. The number of halogens is 2. The van der Waals surface area contributed by atoms with Gasteiger partial charge in [0.05, 0.1) is 4.88 Å². The van der Waals surface area contributed by atoms with Crippen LogP contribution in [0.2, 0.25) is 5.02 Å². The molecule has 0 aliphatic heterocycles. The summed E-state index contributed by atoms with van der Waals surface area (Å²) in [6.45, 7) is -0.709. The van der Waals surface area contributed by atoms with Crippen molar-refractivity contribution in [1.29, 1.82) is 0 Å². The molecule has 5 nitrogen and oxygen atoms in total. The Morgan fingerprint density at radius 3 is 2.38 bits per heavy atom. The van der Waals surface area contributed by atoms with Crippen molar-refractivity contribution in [2.75, 3.05) is 6.61 Å². The molecular formula is C13H8ClFO5S. The fourth-order valence-corrected chi connectivity index (χ4v) is 3.00. The highest BCUT2D eigenvalue weighted by molar-refractivity contribution is 7.18. The third-order valence-electron chi connectivity index (χ3n) is 2.45. The smallest absolute Gasteiger partial charge is 0.349 e. The van der Waals surface area contributed by atoms with Gasteiger partial charge >= 0.3 is 11.9 Å². The van der Waals surface area contributed by atoms with Gasteiger partial charge in [-0.3, -0.25) is 0 Å². The molecule has 0 fully saturated rings. The topological polar surface area (TPSA) is 83.8 Å². The van der Waals surface area contributed by atoms with Crippen LogP contribution in [0.4, 0.5) is 4.39 Å². The van der Waals surface area contributed by atoms with Crippen LogP contribution in [0.3, 0.4) is 0 Å². The van der Waals surface area contributed by atoms with Gasteiger partial charge in [-0.15, -0.1) is 11.3 Å². The Morgan fingerprint density at radius 2 is 1.86 bits per heavy atom. The van der Waals surface area contributed by atoms with Crippen LogP contribution in [0.1, 0.15) is 9.67 Å². The fourth-order valence-electron chi connectivity index (χ4n) is 1.59. The highest BCUT2D eigenvalue weighted by Crippen LogP contribution is 2.45. The van der Waals surface area contributed by atoms with Crippen LogP contribution in [0.5, 0.6) is 5.75 Å². The minimum atomic E-state index is -1.28. The summed E-state index contributed by atoms with van der Waals surface area (Å²) < 4.78 is 17.9. The average Bonchev–Trinajstić information content (AvgIpc) is 2.75. The van der Waals surface area contributed by atoms with Crippen molar-refractivity contribution < 1.29 is 28.9 Å². The molecule has 2 aromatic rings. The molecule has 0 unspecified atom stereocenters. The van der Waals surface area contributed by atoms with Crippen molar-refractivity contribution in [2.45, 2.75) is 0 Å². The lowest BCUT2D eigenvalue weighted by Crippen LogP contribution is -2.10. The number of carboxylic acid groups (broad SMARTS) is 2. The number of rotatable bonds is 5. The Morgan fingerprint density at radius 1 is 1.24 bits per heavy atom. The zero-order valence-corrected chi connectivity index (χ0v) is 11.9. The molecule has 0 bridgehead atoms. The molecule has 0 amide bonds. The molecular weight excluding hydrogens is 323 g/mol. The van der Waals surface area contributed by atoms with Crippen LogP contribution < -0.4 is 4.74 Å². The quantitative estimate of drug-likeness (QED) is 0.878. The first-order valence-electron chi connectivity index (χ1n) is 5.56. The molecule has 0 aliphatic carbocycles. The normalized spacial score (nSPS) is 10.4. The maximum absolute atomic E-state index is 12.9.